The summed E-state index contributed by atoms with van der Waals surface area (Å²) in [4.78, 5) is 6.89. The van der Waals surface area contributed by atoms with Crippen LogP contribution < -0.4 is 0 Å². The van der Waals surface area contributed by atoms with Gasteiger partial charge in [-0.25, -0.2) is 4.98 Å². The van der Waals surface area contributed by atoms with Crippen LogP contribution in [0, 0.1) is 10.6 Å². The number of H-pyrrole nitrogens is 1. The minimum Gasteiger partial charge on any atom is -0.337 e. The highest BCUT2D eigenvalue weighted by molar-refractivity contribution is 7.71. The van der Waals surface area contributed by atoms with Crippen molar-refractivity contribution >= 4 is 12.2 Å². The van der Waals surface area contributed by atoms with Crippen LogP contribution in [-0.2, 0) is 6.42 Å². The van der Waals surface area contributed by atoms with Gasteiger partial charge in [-0.15, -0.1) is 0 Å². The highest BCUT2D eigenvalue weighted by Crippen LogP contribution is 2.05. The van der Waals surface area contributed by atoms with Crippen molar-refractivity contribution in [1.82, 2.24) is 9.97 Å². The molecular weight excluding hydrogens is 156 g/mol. The van der Waals surface area contributed by atoms with Crippen molar-refractivity contribution in [3.8, 4) is 0 Å². The molecule has 0 saturated carbocycles. The molecule has 0 spiro atoms. The van der Waals surface area contributed by atoms with E-state index in [0.29, 0.717) is 5.92 Å². The minimum atomic E-state index is 0.634. The monoisotopic (exact) mass is 168 g/mol. The lowest BCUT2D eigenvalue weighted by Gasteiger charge is -2.02. The molecule has 0 aliphatic rings. The molecule has 1 N–H and O–H groups in total. The van der Waals surface area contributed by atoms with Crippen LogP contribution >= 0.6 is 12.2 Å². The number of hydrogen-bond donors (Lipinski definition) is 1. The van der Waals surface area contributed by atoms with E-state index in [1.807, 2.05) is 6.20 Å². The quantitative estimate of drug-likeness (QED) is 0.687. The maximum atomic E-state index is 5.07. The first-order chi connectivity index (χ1) is 5.20. The van der Waals surface area contributed by atoms with Crippen LogP contribution in [0.5, 0.6) is 0 Å². The van der Waals surface area contributed by atoms with Crippen molar-refractivity contribution in [3.63, 3.8) is 0 Å². The Morgan fingerprint density at radius 3 is 2.91 bits per heavy atom. The molecule has 0 atom stereocenters. The number of hydrogen-bond acceptors (Lipinski definition) is 2. The van der Waals surface area contributed by atoms with Crippen molar-refractivity contribution in [2.75, 3.05) is 0 Å². The van der Waals surface area contributed by atoms with Gasteiger partial charge < -0.3 is 4.98 Å². The normalized spacial score (nSPS) is 10.5. The summed E-state index contributed by atoms with van der Waals surface area (Å²) in [6.45, 7) is 4.34. The molecule has 2 nitrogen and oxygen atoms in total. The van der Waals surface area contributed by atoms with Crippen LogP contribution in [0.3, 0.4) is 0 Å². The molecule has 60 valence electrons. The van der Waals surface area contributed by atoms with Crippen LogP contribution in [0.4, 0.5) is 0 Å². The lowest BCUT2D eigenvalue weighted by Crippen LogP contribution is -1.96. The Kier molecular flexibility index (Phi) is 2.76. The van der Waals surface area contributed by atoms with Crippen LogP contribution in [0.25, 0.3) is 0 Å². The molecule has 0 aliphatic carbocycles. The number of aromatic nitrogens is 2. The SMILES string of the molecule is CC(C)Cc1cnc[nH]c1=S. The molecule has 0 saturated heterocycles. The Morgan fingerprint density at radius 2 is 2.36 bits per heavy atom. The predicted octanol–water partition coefficient (Wildman–Crippen LogP) is 2.34. The van der Waals surface area contributed by atoms with Crippen molar-refractivity contribution < 1.29 is 0 Å². The molecule has 0 aromatic carbocycles. The predicted molar refractivity (Wildman–Crippen MR) is 48.0 cm³/mol. The second kappa shape index (κ2) is 3.62. The topological polar surface area (TPSA) is 28.7 Å². The first-order valence-corrected chi connectivity index (χ1v) is 4.12. The zero-order chi connectivity index (χ0) is 8.27. The fourth-order valence-electron chi connectivity index (χ4n) is 0.960. The van der Waals surface area contributed by atoms with Gasteiger partial charge in [0, 0.05) is 11.8 Å². The van der Waals surface area contributed by atoms with Gasteiger partial charge in [-0.3, -0.25) is 0 Å². The summed E-state index contributed by atoms with van der Waals surface area (Å²) in [5.74, 6) is 0.634. The molecule has 1 heterocycles. The Hall–Kier alpha value is -0.700. The fraction of sp³-hybridized carbons (Fsp3) is 0.500. The van der Waals surface area contributed by atoms with E-state index in [1.165, 1.54) is 0 Å². The largest absolute Gasteiger partial charge is 0.337 e. The van der Waals surface area contributed by atoms with Crippen molar-refractivity contribution in [2.24, 2.45) is 5.92 Å². The van der Waals surface area contributed by atoms with Gasteiger partial charge >= 0.3 is 0 Å². The van der Waals surface area contributed by atoms with Crippen LogP contribution in [0.2, 0.25) is 0 Å². The van der Waals surface area contributed by atoms with Gasteiger partial charge in [0.05, 0.1) is 6.33 Å². The molecule has 11 heavy (non-hydrogen) atoms. The average molecular weight is 168 g/mol. The third kappa shape index (κ3) is 2.42. The van der Waals surface area contributed by atoms with Gasteiger partial charge in [-0.05, 0) is 12.3 Å². The molecule has 0 bridgehead atoms. The smallest absolute Gasteiger partial charge is 0.109 e. The number of aromatic amines is 1. The minimum absolute atomic E-state index is 0.634. The molecule has 3 heteroatoms. The van der Waals surface area contributed by atoms with Crippen LogP contribution in [-0.4, -0.2) is 9.97 Å². The van der Waals surface area contributed by atoms with E-state index < -0.39 is 0 Å². The van der Waals surface area contributed by atoms with E-state index in [2.05, 4.69) is 23.8 Å². The molecule has 1 aromatic heterocycles. The number of nitrogens with zero attached hydrogens (tertiary/aromatic N) is 1. The number of nitrogens with one attached hydrogen (secondary N) is 1. The summed E-state index contributed by atoms with van der Waals surface area (Å²) in [6.07, 6.45) is 4.45. The summed E-state index contributed by atoms with van der Waals surface area (Å²) >= 11 is 5.07. The zero-order valence-electron chi connectivity index (χ0n) is 6.79. The Bertz CT molecular complexity index is 277. The van der Waals surface area contributed by atoms with E-state index in [1.54, 1.807) is 6.33 Å². The second-order valence-corrected chi connectivity index (χ2v) is 3.41. The molecule has 0 unspecified atom stereocenters. The standard InChI is InChI=1S/C8H12N2S/c1-6(2)3-7-4-9-5-10-8(7)11/h4-6H,3H2,1-2H3,(H,9,10,11). The Balaban J connectivity index is 2.87. The molecule has 0 aliphatic heterocycles. The highest BCUT2D eigenvalue weighted by Gasteiger charge is 1.98. The Labute approximate surface area is 71.7 Å². The number of rotatable bonds is 2. The maximum Gasteiger partial charge on any atom is 0.109 e. The third-order valence-electron chi connectivity index (χ3n) is 1.42. The van der Waals surface area contributed by atoms with Gasteiger partial charge in [-0.1, -0.05) is 26.1 Å². The molecule has 1 rings (SSSR count). The van der Waals surface area contributed by atoms with E-state index >= 15 is 0 Å². The summed E-state index contributed by atoms with van der Waals surface area (Å²) in [7, 11) is 0. The zero-order valence-corrected chi connectivity index (χ0v) is 7.61. The lowest BCUT2D eigenvalue weighted by molar-refractivity contribution is 0.642. The summed E-state index contributed by atoms with van der Waals surface area (Å²) in [5, 5.41) is 0. The maximum absolute atomic E-state index is 5.07. The first kappa shape index (κ1) is 8.40. The summed E-state index contributed by atoms with van der Waals surface area (Å²) in [6, 6.07) is 0. The van der Waals surface area contributed by atoms with Gasteiger partial charge in [0.1, 0.15) is 4.64 Å². The van der Waals surface area contributed by atoms with Crippen molar-refractivity contribution in [1.29, 1.82) is 0 Å². The van der Waals surface area contributed by atoms with E-state index in [0.717, 1.165) is 16.6 Å². The molecular formula is C8H12N2S. The van der Waals surface area contributed by atoms with E-state index in [-0.39, 0.29) is 0 Å². The van der Waals surface area contributed by atoms with Gasteiger partial charge in [-0.2, -0.15) is 0 Å². The molecule has 0 fully saturated rings. The van der Waals surface area contributed by atoms with E-state index in [9.17, 15) is 0 Å². The van der Waals surface area contributed by atoms with E-state index in [4.69, 9.17) is 12.2 Å². The fourth-order valence-corrected chi connectivity index (χ4v) is 1.15. The van der Waals surface area contributed by atoms with Crippen LogP contribution in [0.15, 0.2) is 12.5 Å². The van der Waals surface area contributed by atoms with Gasteiger partial charge in [0.15, 0.2) is 0 Å². The van der Waals surface area contributed by atoms with Crippen molar-refractivity contribution in [2.45, 2.75) is 20.3 Å². The van der Waals surface area contributed by atoms with Crippen LogP contribution in [0.1, 0.15) is 19.4 Å². The Morgan fingerprint density at radius 1 is 1.64 bits per heavy atom. The lowest BCUT2D eigenvalue weighted by atomic mass is 10.1. The van der Waals surface area contributed by atoms with Crippen molar-refractivity contribution in [3.05, 3.63) is 22.7 Å². The highest BCUT2D eigenvalue weighted by atomic mass is 32.1. The van der Waals surface area contributed by atoms with Gasteiger partial charge in [0.2, 0.25) is 0 Å². The molecule has 0 radical (unpaired) electrons. The molecule has 0 amide bonds. The summed E-state index contributed by atoms with van der Waals surface area (Å²) < 4.78 is 0.814. The first-order valence-electron chi connectivity index (χ1n) is 3.71. The third-order valence-corrected chi connectivity index (χ3v) is 1.80. The average Bonchev–Trinajstić information content (AvgIpc) is 1.93. The summed E-state index contributed by atoms with van der Waals surface area (Å²) in [5.41, 5.74) is 1.14. The van der Waals surface area contributed by atoms with Gasteiger partial charge in [0.25, 0.3) is 0 Å². The molecule has 1 aromatic rings. The second-order valence-electron chi connectivity index (χ2n) is 3.00.